The molecule has 0 aliphatic carbocycles. The van der Waals surface area contributed by atoms with Crippen molar-refractivity contribution in [2.75, 3.05) is 0 Å². The lowest BCUT2D eigenvalue weighted by Crippen LogP contribution is -2.14. The summed E-state index contributed by atoms with van der Waals surface area (Å²) in [7, 11) is 0. The van der Waals surface area contributed by atoms with Crippen molar-refractivity contribution < 1.29 is 13.9 Å². The van der Waals surface area contributed by atoms with Crippen LogP contribution in [0.4, 0.5) is 0 Å². The molecule has 1 aromatic heterocycles. The molecule has 16 heavy (non-hydrogen) atoms. The first kappa shape index (κ1) is 12.2. The number of hydrogen-bond donors (Lipinski definition) is 0. The number of ether oxygens (including phenoxy) is 1. The molecule has 0 spiro atoms. The number of aryl methyl sites for hydroxylation is 2. The Labute approximate surface area is 93.5 Å². The van der Waals surface area contributed by atoms with Gasteiger partial charge in [0.25, 0.3) is 0 Å². The van der Waals surface area contributed by atoms with E-state index < -0.39 is 11.6 Å². The zero-order valence-corrected chi connectivity index (χ0v) is 9.62. The summed E-state index contributed by atoms with van der Waals surface area (Å²) in [5.74, 6) is 0.0249. The highest BCUT2D eigenvalue weighted by atomic mass is 16.5. The fourth-order valence-electron chi connectivity index (χ4n) is 1.22. The van der Waals surface area contributed by atoms with Crippen LogP contribution in [0.25, 0.3) is 0 Å². The van der Waals surface area contributed by atoms with Crippen molar-refractivity contribution in [3.63, 3.8) is 0 Å². The Hall–Kier alpha value is -1.84. The third-order valence-corrected chi connectivity index (χ3v) is 2.09. The second-order valence-corrected chi connectivity index (χ2v) is 3.66. The third kappa shape index (κ3) is 2.82. The highest BCUT2D eigenvalue weighted by Crippen LogP contribution is 2.07. The Morgan fingerprint density at radius 1 is 1.50 bits per heavy atom. The Morgan fingerprint density at radius 3 is 2.62 bits per heavy atom. The van der Waals surface area contributed by atoms with E-state index in [1.165, 1.54) is 0 Å². The molecule has 4 heteroatoms. The predicted molar refractivity (Wildman–Crippen MR) is 59.1 cm³/mol. The topological polar surface area (TPSA) is 56.5 Å². The molecule has 1 rings (SSSR count). The maximum Gasteiger partial charge on any atom is 0.342 e. The van der Waals surface area contributed by atoms with Gasteiger partial charge in [0.1, 0.15) is 12.4 Å². The summed E-state index contributed by atoms with van der Waals surface area (Å²) in [6.45, 7) is 8.38. The highest BCUT2D eigenvalue weighted by molar-refractivity contribution is 5.86. The van der Waals surface area contributed by atoms with E-state index >= 15 is 0 Å². The van der Waals surface area contributed by atoms with Crippen LogP contribution < -0.4 is 5.63 Å². The van der Waals surface area contributed by atoms with Crippen LogP contribution in [0.3, 0.4) is 0 Å². The van der Waals surface area contributed by atoms with Gasteiger partial charge in [-0.3, -0.25) is 0 Å². The van der Waals surface area contributed by atoms with E-state index in [1.54, 1.807) is 26.8 Å². The summed E-state index contributed by atoms with van der Waals surface area (Å²) in [6.07, 6.45) is 0. The van der Waals surface area contributed by atoms with Crippen LogP contribution in [0.15, 0.2) is 27.4 Å². The van der Waals surface area contributed by atoms with Crippen LogP contribution in [0.2, 0.25) is 0 Å². The number of esters is 1. The average Bonchev–Trinajstić information content (AvgIpc) is 2.15. The van der Waals surface area contributed by atoms with Gasteiger partial charge in [-0.2, -0.15) is 0 Å². The van der Waals surface area contributed by atoms with E-state index in [9.17, 15) is 9.59 Å². The summed E-state index contributed by atoms with van der Waals surface area (Å²) >= 11 is 0. The highest BCUT2D eigenvalue weighted by Gasteiger charge is 2.10. The first-order valence-electron chi connectivity index (χ1n) is 4.84. The minimum Gasteiger partial charge on any atom is -0.457 e. The Kier molecular flexibility index (Phi) is 3.66. The van der Waals surface area contributed by atoms with Gasteiger partial charge in [-0.1, -0.05) is 6.58 Å². The first-order valence-corrected chi connectivity index (χ1v) is 4.84. The van der Waals surface area contributed by atoms with Gasteiger partial charge in [0.15, 0.2) is 0 Å². The van der Waals surface area contributed by atoms with Crippen LogP contribution in [0.1, 0.15) is 23.8 Å². The quantitative estimate of drug-likeness (QED) is 0.578. The van der Waals surface area contributed by atoms with Gasteiger partial charge in [0.2, 0.25) is 0 Å². The van der Waals surface area contributed by atoms with Crippen LogP contribution in [-0.4, -0.2) is 5.97 Å². The van der Waals surface area contributed by atoms with E-state index in [0.717, 1.165) is 5.56 Å². The standard InChI is InChI=1S/C12H14O4/c1-7(2)11(13)15-6-10-8(3)5-9(4)16-12(10)14/h5H,1,6H2,2-4H3. The number of carbonyl (C=O) groups is 1. The second-order valence-electron chi connectivity index (χ2n) is 3.66. The smallest absolute Gasteiger partial charge is 0.342 e. The summed E-state index contributed by atoms with van der Waals surface area (Å²) in [5.41, 5.74) is 0.949. The Balaban J connectivity index is 2.87. The second kappa shape index (κ2) is 4.79. The van der Waals surface area contributed by atoms with Crippen LogP contribution in [0, 0.1) is 13.8 Å². The molecule has 0 fully saturated rings. The SMILES string of the molecule is C=C(C)C(=O)OCc1c(C)cc(C)oc1=O. The summed E-state index contributed by atoms with van der Waals surface area (Å²) in [5, 5.41) is 0. The van der Waals surface area contributed by atoms with Crippen molar-refractivity contribution in [2.24, 2.45) is 0 Å². The van der Waals surface area contributed by atoms with Crippen molar-refractivity contribution in [1.82, 2.24) is 0 Å². The molecule has 0 atom stereocenters. The largest absolute Gasteiger partial charge is 0.457 e. The minimum atomic E-state index is -0.514. The zero-order chi connectivity index (χ0) is 12.3. The van der Waals surface area contributed by atoms with E-state index in [4.69, 9.17) is 9.15 Å². The summed E-state index contributed by atoms with van der Waals surface area (Å²) < 4.78 is 9.81. The number of rotatable bonds is 3. The maximum atomic E-state index is 11.5. The van der Waals surface area contributed by atoms with Crippen molar-refractivity contribution in [3.8, 4) is 0 Å². The molecule has 0 bridgehead atoms. The predicted octanol–water partition coefficient (Wildman–Crippen LogP) is 1.88. The van der Waals surface area contributed by atoms with E-state index in [2.05, 4.69) is 6.58 Å². The molecule has 4 nitrogen and oxygen atoms in total. The zero-order valence-electron chi connectivity index (χ0n) is 9.62. The lowest BCUT2D eigenvalue weighted by molar-refractivity contribution is -0.140. The van der Waals surface area contributed by atoms with Gasteiger partial charge in [-0.25, -0.2) is 9.59 Å². The number of hydrogen-bond acceptors (Lipinski definition) is 4. The van der Waals surface area contributed by atoms with Gasteiger partial charge < -0.3 is 9.15 Å². The summed E-state index contributed by atoms with van der Waals surface area (Å²) in [6, 6.07) is 1.73. The lowest BCUT2D eigenvalue weighted by atomic mass is 10.1. The maximum absolute atomic E-state index is 11.5. The van der Waals surface area contributed by atoms with Crippen molar-refractivity contribution in [3.05, 3.63) is 45.5 Å². The summed E-state index contributed by atoms with van der Waals surface area (Å²) in [4.78, 5) is 22.6. The van der Waals surface area contributed by atoms with E-state index in [-0.39, 0.29) is 6.61 Å². The molecule has 1 aromatic rings. The third-order valence-electron chi connectivity index (χ3n) is 2.09. The lowest BCUT2D eigenvalue weighted by Gasteiger charge is -2.06. The molecule has 0 radical (unpaired) electrons. The Bertz CT molecular complexity index is 482. The molecule has 0 saturated carbocycles. The van der Waals surface area contributed by atoms with Gasteiger partial charge >= 0.3 is 11.6 Å². The van der Waals surface area contributed by atoms with Gasteiger partial charge in [-0.05, 0) is 32.4 Å². The van der Waals surface area contributed by atoms with Crippen LogP contribution >= 0.6 is 0 Å². The molecule has 0 amide bonds. The van der Waals surface area contributed by atoms with Crippen LogP contribution in [-0.2, 0) is 16.1 Å². The van der Waals surface area contributed by atoms with Gasteiger partial charge in [0.05, 0.1) is 5.56 Å². The van der Waals surface area contributed by atoms with Crippen molar-refractivity contribution >= 4 is 5.97 Å². The molecule has 0 unspecified atom stereocenters. The molecule has 0 aromatic carbocycles. The van der Waals surface area contributed by atoms with Gasteiger partial charge in [0, 0.05) is 5.57 Å². The average molecular weight is 222 g/mol. The minimum absolute atomic E-state index is 0.0832. The molecule has 86 valence electrons. The van der Waals surface area contributed by atoms with E-state index in [1.807, 2.05) is 0 Å². The number of carbonyl (C=O) groups excluding carboxylic acids is 1. The fourth-order valence-corrected chi connectivity index (χ4v) is 1.22. The molecular formula is C12H14O4. The molecule has 0 saturated heterocycles. The van der Waals surface area contributed by atoms with Crippen molar-refractivity contribution in [2.45, 2.75) is 27.4 Å². The van der Waals surface area contributed by atoms with Gasteiger partial charge in [-0.15, -0.1) is 0 Å². The monoisotopic (exact) mass is 222 g/mol. The van der Waals surface area contributed by atoms with Crippen LogP contribution in [0.5, 0.6) is 0 Å². The molecule has 0 aliphatic rings. The molecule has 0 aliphatic heterocycles. The van der Waals surface area contributed by atoms with E-state index in [0.29, 0.717) is 16.9 Å². The first-order chi connectivity index (χ1) is 7.41. The molecular weight excluding hydrogens is 208 g/mol. The Morgan fingerprint density at radius 2 is 2.12 bits per heavy atom. The molecule has 1 heterocycles. The van der Waals surface area contributed by atoms with Crippen molar-refractivity contribution in [1.29, 1.82) is 0 Å². The fraction of sp³-hybridized carbons (Fsp3) is 0.333. The normalized spacial score (nSPS) is 9.94. The molecule has 0 N–H and O–H groups in total.